The second-order valence-electron chi connectivity index (χ2n) is 4.92. The number of carbonyl (C=O) groups excluding carboxylic acids is 1. The number of methoxy groups -OCH3 is 1. The molecule has 1 aromatic rings. The molecule has 0 spiro atoms. The largest absolute Gasteiger partial charge is 0.381 e. The molecule has 1 N–H and O–H groups in total. The van der Waals surface area contributed by atoms with E-state index in [1.54, 1.807) is 13.2 Å². The molecule has 104 valence electrons. The summed E-state index contributed by atoms with van der Waals surface area (Å²) in [5, 5.41) is 3.36. The lowest BCUT2D eigenvalue weighted by atomic mass is 9.89. The molecule has 0 saturated heterocycles. The van der Waals surface area contributed by atoms with Gasteiger partial charge in [-0.3, -0.25) is 4.79 Å². The maximum absolute atomic E-state index is 12.1. The molecule has 1 amide bonds. The predicted octanol–water partition coefficient (Wildman–Crippen LogP) is 2.59. The molecule has 0 unspecified atom stereocenters. The molecule has 1 aromatic heterocycles. The zero-order valence-electron chi connectivity index (χ0n) is 11.3. The van der Waals surface area contributed by atoms with Crippen LogP contribution in [0.2, 0.25) is 5.15 Å². The molecular formula is C14H19ClN2O2. The first kappa shape index (κ1) is 14.3. The Morgan fingerprint density at radius 3 is 2.89 bits per heavy atom. The van der Waals surface area contributed by atoms with Crippen LogP contribution in [0.4, 0.5) is 0 Å². The van der Waals surface area contributed by atoms with Crippen LogP contribution in [0, 0.1) is 0 Å². The Balaban J connectivity index is 1.98. The van der Waals surface area contributed by atoms with Crippen LogP contribution in [0.3, 0.4) is 0 Å². The van der Waals surface area contributed by atoms with Gasteiger partial charge >= 0.3 is 0 Å². The molecular weight excluding hydrogens is 264 g/mol. The number of hydrogen-bond acceptors (Lipinski definition) is 3. The van der Waals surface area contributed by atoms with Crippen molar-refractivity contribution in [1.29, 1.82) is 0 Å². The smallest absolute Gasteiger partial charge is 0.251 e. The van der Waals surface area contributed by atoms with Gasteiger partial charge < -0.3 is 10.1 Å². The number of ether oxygens (including phenoxy) is 1. The maximum atomic E-state index is 12.1. The molecule has 1 aliphatic rings. The van der Waals surface area contributed by atoms with Gasteiger partial charge in [0.15, 0.2) is 0 Å². The fourth-order valence-corrected chi connectivity index (χ4v) is 2.44. The van der Waals surface area contributed by atoms with Crippen molar-refractivity contribution in [3.63, 3.8) is 0 Å². The van der Waals surface area contributed by atoms with Gasteiger partial charge in [-0.05, 0) is 31.4 Å². The van der Waals surface area contributed by atoms with Gasteiger partial charge in [0, 0.05) is 24.4 Å². The van der Waals surface area contributed by atoms with Gasteiger partial charge in [-0.15, -0.1) is 0 Å². The second kappa shape index (κ2) is 6.35. The highest BCUT2D eigenvalue weighted by Gasteiger charge is 2.30. The SMILES string of the molecule is CCCc1cc(C(=O)NC2CC(OC)C2)cc(Cl)n1. The maximum Gasteiger partial charge on any atom is 0.251 e. The van der Waals surface area contributed by atoms with Crippen LogP contribution in [0.5, 0.6) is 0 Å². The highest BCUT2D eigenvalue weighted by Crippen LogP contribution is 2.23. The van der Waals surface area contributed by atoms with Crippen molar-refractivity contribution in [3.8, 4) is 0 Å². The van der Waals surface area contributed by atoms with E-state index in [1.807, 2.05) is 6.07 Å². The molecule has 1 aliphatic carbocycles. The van der Waals surface area contributed by atoms with E-state index in [2.05, 4.69) is 17.2 Å². The lowest BCUT2D eigenvalue weighted by Crippen LogP contribution is -2.47. The van der Waals surface area contributed by atoms with Crippen molar-refractivity contribution in [2.45, 2.75) is 44.8 Å². The summed E-state index contributed by atoms with van der Waals surface area (Å²) >= 11 is 5.95. The van der Waals surface area contributed by atoms with Gasteiger partial charge in [0.1, 0.15) is 5.15 Å². The average molecular weight is 283 g/mol. The number of nitrogens with zero attached hydrogens (tertiary/aromatic N) is 1. The van der Waals surface area contributed by atoms with E-state index in [0.717, 1.165) is 31.4 Å². The van der Waals surface area contributed by atoms with Crippen LogP contribution >= 0.6 is 11.6 Å². The molecule has 0 aromatic carbocycles. The van der Waals surface area contributed by atoms with Crippen LogP contribution in [-0.2, 0) is 11.2 Å². The summed E-state index contributed by atoms with van der Waals surface area (Å²) in [5.74, 6) is -0.0822. The molecule has 1 fully saturated rings. The number of carbonyl (C=O) groups is 1. The first-order chi connectivity index (χ1) is 9.12. The topological polar surface area (TPSA) is 51.2 Å². The zero-order chi connectivity index (χ0) is 13.8. The minimum atomic E-state index is -0.0822. The summed E-state index contributed by atoms with van der Waals surface area (Å²) in [6.45, 7) is 2.07. The van der Waals surface area contributed by atoms with Gasteiger partial charge in [0.25, 0.3) is 5.91 Å². The van der Waals surface area contributed by atoms with Crippen molar-refractivity contribution in [1.82, 2.24) is 10.3 Å². The number of amides is 1. The lowest BCUT2D eigenvalue weighted by Gasteiger charge is -2.34. The van der Waals surface area contributed by atoms with Crippen molar-refractivity contribution in [2.24, 2.45) is 0 Å². The summed E-state index contributed by atoms with van der Waals surface area (Å²) in [7, 11) is 1.70. The van der Waals surface area contributed by atoms with Crippen LogP contribution in [0.15, 0.2) is 12.1 Å². The van der Waals surface area contributed by atoms with Gasteiger partial charge in [0.05, 0.1) is 6.10 Å². The normalized spacial score (nSPS) is 21.8. The first-order valence-electron chi connectivity index (χ1n) is 6.62. The third-order valence-electron chi connectivity index (χ3n) is 3.38. The summed E-state index contributed by atoms with van der Waals surface area (Å²) in [5.41, 5.74) is 1.45. The Morgan fingerprint density at radius 1 is 1.53 bits per heavy atom. The quantitative estimate of drug-likeness (QED) is 0.845. The van der Waals surface area contributed by atoms with Gasteiger partial charge in [0.2, 0.25) is 0 Å². The van der Waals surface area contributed by atoms with Gasteiger partial charge in [-0.2, -0.15) is 0 Å². The van der Waals surface area contributed by atoms with Crippen molar-refractivity contribution < 1.29 is 9.53 Å². The molecule has 0 atom stereocenters. The number of nitrogens with one attached hydrogen (secondary N) is 1. The summed E-state index contributed by atoms with van der Waals surface area (Å²) in [6.07, 6.45) is 3.84. The fraction of sp³-hybridized carbons (Fsp3) is 0.571. The minimum absolute atomic E-state index is 0.0822. The number of pyridine rings is 1. The van der Waals surface area contributed by atoms with Crippen LogP contribution in [0.1, 0.15) is 42.2 Å². The molecule has 1 saturated carbocycles. The molecule has 4 nitrogen and oxygen atoms in total. The van der Waals surface area contributed by atoms with E-state index in [9.17, 15) is 4.79 Å². The van der Waals surface area contributed by atoms with Gasteiger partial charge in [-0.1, -0.05) is 24.9 Å². The Kier molecular flexibility index (Phi) is 4.77. The molecule has 0 bridgehead atoms. The zero-order valence-corrected chi connectivity index (χ0v) is 12.0. The highest BCUT2D eigenvalue weighted by molar-refractivity contribution is 6.29. The van der Waals surface area contributed by atoms with Crippen LogP contribution in [0.25, 0.3) is 0 Å². The number of hydrogen-bond donors (Lipinski definition) is 1. The molecule has 0 radical (unpaired) electrons. The highest BCUT2D eigenvalue weighted by atomic mass is 35.5. The third kappa shape index (κ3) is 3.67. The average Bonchev–Trinajstić information content (AvgIpc) is 2.32. The van der Waals surface area contributed by atoms with E-state index >= 15 is 0 Å². The Hall–Kier alpha value is -1.13. The van der Waals surface area contributed by atoms with E-state index in [-0.39, 0.29) is 18.1 Å². The van der Waals surface area contributed by atoms with E-state index in [4.69, 9.17) is 16.3 Å². The van der Waals surface area contributed by atoms with Crippen LogP contribution in [-0.4, -0.2) is 30.1 Å². The standard InChI is InChI=1S/C14H19ClN2O2/c1-3-4-10-5-9(6-13(15)16-10)14(18)17-11-7-12(8-11)19-2/h5-6,11-12H,3-4,7-8H2,1-2H3,(H,17,18). The first-order valence-corrected chi connectivity index (χ1v) is 7.00. The van der Waals surface area contributed by atoms with E-state index in [1.165, 1.54) is 0 Å². The predicted molar refractivity (Wildman–Crippen MR) is 74.5 cm³/mol. The summed E-state index contributed by atoms with van der Waals surface area (Å²) in [4.78, 5) is 16.3. The monoisotopic (exact) mass is 282 g/mol. The fourth-order valence-electron chi connectivity index (χ4n) is 2.21. The second-order valence-corrected chi connectivity index (χ2v) is 5.31. The van der Waals surface area contributed by atoms with Crippen LogP contribution < -0.4 is 5.32 Å². The summed E-state index contributed by atoms with van der Waals surface area (Å²) < 4.78 is 5.19. The van der Waals surface area contributed by atoms with E-state index < -0.39 is 0 Å². The number of aromatic nitrogens is 1. The van der Waals surface area contributed by atoms with Crippen molar-refractivity contribution in [2.75, 3.05) is 7.11 Å². The Bertz CT molecular complexity index is 459. The van der Waals surface area contributed by atoms with Gasteiger partial charge in [-0.25, -0.2) is 4.98 Å². The Morgan fingerprint density at radius 2 is 2.26 bits per heavy atom. The van der Waals surface area contributed by atoms with E-state index in [0.29, 0.717) is 10.7 Å². The molecule has 5 heteroatoms. The van der Waals surface area contributed by atoms with Crippen molar-refractivity contribution >= 4 is 17.5 Å². The summed E-state index contributed by atoms with van der Waals surface area (Å²) in [6, 6.07) is 3.64. The molecule has 19 heavy (non-hydrogen) atoms. The van der Waals surface area contributed by atoms with Crippen molar-refractivity contribution in [3.05, 3.63) is 28.5 Å². The lowest BCUT2D eigenvalue weighted by molar-refractivity contribution is 0.0176. The Labute approximate surface area is 118 Å². The molecule has 0 aliphatic heterocycles. The number of halogens is 1. The third-order valence-corrected chi connectivity index (χ3v) is 3.57. The molecule has 1 heterocycles. The number of aryl methyl sites for hydroxylation is 1. The minimum Gasteiger partial charge on any atom is -0.381 e. The molecule has 2 rings (SSSR count). The number of rotatable bonds is 5.